The summed E-state index contributed by atoms with van der Waals surface area (Å²) in [6, 6.07) is 12.1. The summed E-state index contributed by atoms with van der Waals surface area (Å²) in [5.41, 5.74) is 3.54. The molecule has 1 aliphatic carbocycles. The Morgan fingerprint density at radius 3 is 2.72 bits per heavy atom. The van der Waals surface area contributed by atoms with Gasteiger partial charge in [0.25, 0.3) is 0 Å². The first-order chi connectivity index (χ1) is 8.59. The van der Waals surface area contributed by atoms with Crippen molar-refractivity contribution < 1.29 is 5.11 Å². The van der Waals surface area contributed by atoms with E-state index in [-0.39, 0.29) is 0 Å². The summed E-state index contributed by atoms with van der Waals surface area (Å²) in [7, 11) is 0. The topological polar surface area (TPSA) is 36.0 Å². The minimum Gasteiger partial charge on any atom is -0.380 e. The molecule has 0 aliphatic heterocycles. The molecule has 2 atom stereocenters. The lowest BCUT2D eigenvalue weighted by Crippen LogP contribution is -2.34. The first-order valence-corrected chi connectivity index (χ1v) is 6.56. The Balaban J connectivity index is 2.17. The van der Waals surface area contributed by atoms with Crippen LogP contribution in [0.3, 0.4) is 0 Å². The number of aryl methyl sites for hydroxylation is 1. The average Bonchev–Trinajstić information content (AvgIpc) is 2.71. The van der Waals surface area contributed by atoms with E-state index in [9.17, 15) is 5.11 Å². The van der Waals surface area contributed by atoms with E-state index in [1.165, 1.54) is 5.69 Å². The van der Waals surface area contributed by atoms with Crippen LogP contribution >= 0.6 is 0 Å². The van der Waals surface area contributed by atoms with Crippen LogP contribution in [0.15, 0.2) is 36.4 Å². The molecule has 18 heavy (non-hydrogen) atoms. The number of aromatic amines is 1. The maximum absolute atomic E-state index is 11.2. The van der Waals surface area contributed by atoms with E-state index < -0.39 is 5.60 Å². The molecule has 2 unspecified atom stereocenters. The molecule has 2 heteroatoms. The molecule has 1 heterocycles. The molecule has 1 aromatic carbocycles. The lowest BCUT2D eigenvalue weighted by atomic mass is 9.73. The van der Waals surface area contributed by atoms with Crippen LogP contribution in [-0.2, 0) is 12.0 Å². The highest BCUT2D eigenvalue weighted by Gasteiger charge is 2.39. The van der Waals surface area contributed by atoms with E-state index in [4.69, 9.17) is 0 Å². The molecule has 0 radical (unpaired) electrons. The van der Waals surface area contributed by atoms with Crippen LogP contribution in [0.1, 0.15) is 35.9 Å². The Hall–Kier alpha value is -1.54. The highest BCUT2D eigenvalue weighted by Crippen LogP contribution is 2.42. The Bertz CT molecular complexity index is 558. The lowest BCUT2D eigenvalue weighted by molar-refractivity contribution is 0.0453. The third kappa shape index (κ3) is 1.68. The first-order valence-electron chi connectivity index (χ1n) is 6.56. The van der Waals surface area contributed by atoms with Gasteiger partial charge in [0.1, 0.15) is 5.60 Å². The highest BCUT2D eigenvalue weighted by molar-refractivity contribution is 5.42. The average molecular weight is 241 g/mol. The smallest absolute Gasteiger partial charge is 0.117 e. The van der Waals surface area contributed by atoms with Gasteiger partial charge < -0.3 is 10.1 Å². The van der Waals surface area contributed by atoms with E-state index >= 15 is 0 Å². The number of nitrogens with one attached hydrogen (secondary N) is 1. The monoisotopic (exact) mass is 241 g/mol. The minimum atomic E-state index is -0.834. The van der Waals surface area contributed by atoms with Crippen molar-refractivity contribution in [3.63, 3.8) is 0 Å². The van der Waals surface area contributed by atoms with E-state index in [2.05, 4.69) is 24.9 Å². The van der Waals surface area contributed by atoms with Gasteiger partial charge in [-0.2, -0.15) is 0 Å². The van der Waals surface area contributed by atoms with Gasteiger partial charge in [0.05, 0.1) is 0 Å². The fourth-order valence-electron chi connectivity index (χ4n) is 3.20. The van der Waals surface area contributed by atoms with E-state index in [0.29, 0.717) is 5.92 Å². The molecule has 0 bridgehead atoms. The zero-order valence-electron chi connectivity index (χ0n) is 10.9. The van der Waals surface area contributed by atoms with E-state index in [0.717, 1.165) is 29.7 Å². The number of hydrogen-bond donors (Lipinski definition) is 2. The first kappa shape index (κ1) is 11.5. The third-order valence-electron chi connectivity index (χ3n) is 3.93. The highest BCUT2D eigenvalue weighted by atomic mass is 16.3. The second kappa shape index (κ2) is 3.99. The van der Waals surface area contributed by atoms with Gasteiger partial charge >= 0.3 is 0 Å². The van der Waals surface area contributed by atoms with Crippen molar-refractivity contribution in [1.29, 1.82) is 0 Å². The van der Waals surface area contributed by atoms with Gasteiger partial charge in [0, 0.05) is 17.0 Å². The summed E-state index contributed by atoms with van der Waals surface area (Å²) in [6.45, 7) is 4.25. The van der Waals surface area contributed by atoms with Gasteiger partial charge in [0.15, 0.2) is 0 Å². The number of hydrogen-bond acceptors (Lipinski definition) is 1. The molecule has 2 nitrogen and oxygen atoms in total. The number of aromatic nitrogens is 1. The van der Waals surface area contributed by atoms with Gasteiger partial charge in [-0.25, -0.2) is 0 Å². The normalized spacial score (nSPS) is 26.9. The van der Waals surface area contributed by atoms with Crippen LogP contribution < -0.4 is 0 Å². The minimum absolute atomic E-state index is 0.487. The number of rotatable bonds is 1. The summed E-state index contributed by atoms with van der Waals surface area (Å²) in [4.78, 5) is 3.39. The molecule has 2 N–H and O–H groups in total. The predicted molar refractivity (Wildman–Crippen MR) is 72.5 cm³/mol. The van der Waals surface area contributed by atoms with Gasteiger partial charge in [0.2, 0.25) is 0 Å². The maximum Gasteiger partial charge on any atom is 0.117 e. The Kier molecular flexibility index (Phi) is 2.56. The predicted octanol–water partition coefficient (Wildman–Crippen LogP) is 3.14. The number of fused-ring (bicyclic) bond motifs is 1. The Morgan fingerprint density at radius 1 is 1.28 bits per heavy atom. The molecular formula is C16H19NO. The van der Waals surface area contributed by atoms with Crippen molar-refractivity contribution in [2.75, 3.05) is 0 Å². The third-order valence-corrected chi connectivity index (χ3v) is 3.93. The second-order valence-corrected chi connectivity index (χ2v) is 5.58. The Morgan fingerprint density at radius 2 is 2.00 bits per heavy atom. The van der Waals surface area contributed by atoms with Crippen molar-refractivity contribution in [3.05, 3.63) is 58.9 Å². The van der Waals surface area contributed by atoms with Crippen molar-refractivity contribution >= 4 is 0 Å². The summed E-state index contributed by atoms with van der Waals surface area (Å²) < 4.78 is 0. The molecule has 0 saturated heterocycles. The van der Waals surface area contributed by atoms with Crippen molar-refractivity contribution in [2.24, 2.45) is 5.92 Å². The number of benzene rings is 1. The molecule has 1 aliphatic rings. The van der Waals surface area contributed by atoms with Gasteiger partial charge in [-0.05, 0) is 37.3 Å². The van der Waals surface area contributed by atoms with Crippen LogP contribution in [0.4, 0.5) is 0 Å². The van der Waals surface area contributed by atoms with Crippen molar-refractivity contribution in [1.82, 2.24) is 4.98 Å². The molecule has 0 fully saturated rings. The van der Waals surface area contributed by atoms with Crippen LogP contribution in [0.25, 0.3) is 0 Å². The Labute approximate surface area is 108 Å². The summed E-state index contributed by atoms with van der Waals surface area (Å²) in [6.07, 6.45) is 1.82. The summed E-state index contributed by atoms with van der Waals surface area (Å²) in [5, 5.41) is 11.2. The molecule has 0 spiro atoms. The fourth-order valence-corrected chi connectivity index (χ4v) is 3.20. The van der Waals surface area contributed by atoms with E-state index in [1.54, 1.807) is 0 Å². The van der Waals surface area contributed by atoms with Crippen LogP contribution in [-0.4, -0.2) is 10.1 Å². The molecule has 2 aromatic rings. The fraction of sp³-hybridized carbons (Fsp3) is 0.375. The zero-order valence-corrected chi connectivity index (χ0v) is 10.9. The zero-order chi connectivity index (χ0) is 12.8. The molecule has 0 saturated carbocycles. The maximum atomic E-state index is 11.2. The van der Waals surface area contributed by atoms with Gasteiger partial charge in [-0.15, -0.1) is 0 Å². The standard InChI is InChI=1S/C16H19NO/c1-11-8-15-14(9-12(2)17-15)16(18,10-11)13-6-4-3-5-7-13/h3-7,9,11,17-18H,8,10H2,1-2H3. The van der Waals surface area contributed by atoms with Crippen molar-refractivity contribution in [3.8, 4) is 0 Å². The van der Waals surface area contributed by atoms with Gasteiger partial charge in [-0.1, -0.05) is 37.3 Å². The quantitative estimate of drug-likeness (QED) is 0.790. The summed E-state index contributed by atoms with van der Waals surface area (Å²) in [5.74, 6) is 0.487. The van der Waals surface area contributed by atoms with Gasteiger partial charge in [-0.3, -0.25) is 0 Å². The van der Waals surface area contributed by atoms with E-state index in [1.807, 2.05) is 30.3 Å². The molecular weight excluding hydrogens is 222 g/mol. The van der Waals surface area contributed by atoms with Crippen LogP contribution in [0.5, 0.6) is 0 Å². The molecule has 94 valence electrons. The molecule has 1 aromatic heterocycles. The largest absolute Gasteiger partial charge is 0.380 e. The second-order valence-electron chi connectivity index (χ2n) is 5.58. The summed E-state index contributed by atoms with van der Waals surface area (Å²) >= 11 is 0. The van der Waals surface area contributed by atoms with Crippen molar-refractivity contribution in [2.45, 2.75) is 32.3 Å². The lowest BCUT2D eigenvalue weighted by Gasteiger charge is -2.36. The number of aliphatic hydroxyl groups is 1. The molecule has 0 amide bonds. The van der Waals surface area contributed by atoms with Crippen LogP contribution in [0, 0.1) is 12.8 Å². The van der Waals surface area contributed by atoms with Crippen LogP contribution in [0.2, 0.25) is 0 Å². The molecule has 3 rings (SSSR count). The SMILES string of the molecule is Cc1cc2c([nH]1)CC(C)CC2(O)c1ccccc1. The number of H-pyrrole nitrogens is 1.